The highest BCUT2D eigenvalue weighted by Gasteiger charge is 2.09. The largest absolute Gasteiger partial charge is 0.325 e. The summed E-state index contributed by atoms with van der Waals surface area (Å²) in [5.74, 6) is -0.417. The molecule has 0 heterocycles. The van der Waals surface area contributed by atoms with Crippen molar-refractivity contribution in [1.29, 1.82) is 0 Å². The van der Waals surface area contributed by atoms with Crippen molar-refractivity contribution in [3.63, 3.8) is 0 Å². The standard InChI is InChI=1S/C15H21N3O2/c1-9-6-10(2)15(11(3)7-9)16-14(20)8-12(4)17-18-13(5)19/h6-7,17H,4,8H2,1-3,5H3,(H,16,20)(H,18,19). The average Bonchev–Trinajstić information content (AvgIpc) is 2.31. The van der Waals surface area contributed by atoms with E-state index >= 15 is 0 Å². The van der Waals surface area contributed by atoms with Crippen molar-refractivity contribution in [2.75, 3.05) is 5.32 Å². The van der Waals surface area contributed by atoms with Crippen molar-refractivity contribution in [2.24, 2.45) is 0 Å². The van der Waals surface area contributed by atoms with Crippen molar-refractivity contribution < 1.29 is 9.59 Å². The SMILES string of the molecule is C=C(CC(=O)Nc1c(C)cc(C)cc1C)NNC(C)=O. The van der Waals surface area contributed by atoms with Gasteiger partial charge in [0.25, 0.3) is 0 Å². The zero-order valence-corrected chi connectivity index (χ0v) is 12.4. The van der Waals surface area contributed by atoms with Gasteiger partial charge < -0.3 is 10.7 Å². The van der Waals surface area contributed by atoms with Crippen LogP contribution >= 0.6 is 0 Å². The second kappa shape index (κ2) is 6.75. The van der Waals surface area contributed by atoms with Crippen LogP contribution in [0.1, 0.15) is 30.0 Å². The van der Waals surface area contributed by atoms with Gasteiger partial charge in [-0.3, -0.25) is 15.0 Å². The third-order valence-corrected chi connectivity index (χ3v) is 2.73. The second-order valence-corrected chi connectivity index (χ2v) is 4.91. The smallest absolute Gasteiger partial charge is 0.235 e. The number of aryl methyl sites for hydroxylation is 3. The molecule has 5 heteroatoms. The monoisotopic (exact) mass is 275 g/mol. The molecule has 0 atom stereocenters. The van der Waals surface area contributed by atoms with E-state index in [2.05, 4.69) is 22.7 Å². The maximum atomic E-state index is 11.9. The summed E-state index contributed by atoms with van der Waals surface area (Å²) in [5.41, 5.74) is 9.43. The van der Waals surface area contributed by atoms with Crippen molar-refractivity contribution in [3.8, 4) is 0 Å². The molecule has 0 aliphatic rings. The molecule has 0 fully saturated rings. The molecule has 0 aliphatic carbocycles. The molecule has 0 unspecified atom stereocenters. The van der Waals surface area contributed by atoms with Gasteiger partial charge in [0.2, 0.25) is 11.8 Å². The first kappa shape index (κ1) is 15.8. The zero-order chi connectivity index (χ0) is 15.3. The van der Waals surface area contributed by atoms with Gasteiger partial charge in [-0.15, -0.1) is 0 Å². The van der Waals surface area contributed by atoms with Crippen LogP contribution in [-0.2, 0) is 9.59 Å². The molecule has 3 N–H and O–H groups in total. The number of carbonyl (C=O) groups excluding carboxylic acids is 2. The molecule has 108 valence electrons. The maximum absolute atomic E-state index is 11.9. The summed E-state index contributed by atoms with van der Waals surface area (Å²) in [4.78, 5) is 22.7. The number of hydrogen-bond donors (Lipinski definition) is 3. The molecular formula is C15H21N3O2. The molecule has 0 saturated heterocycles. The van der Waals surface area contributed by atoms with Gasteiger partial charge in [0.1, 0.15) is 0 Å². The van der Waals surface area contributed by atoms with Crippen LogP contribution in [0.2, 0.25) is 0 Å². The summed E-state index contributed by atoms with van der Waals surface area (Å²) >= 11 is 0. The van der Waals surface area contributed by atoms with E-state index in [4.69, 9.17) is 0 Å². The Morgan fingerprint density at radius 3 is 2.15 bits per heavy atom. The van der Waals surface area contributed by atoms with Crippen LogP contribution in [0.5, 0.6) is 0 Å². The minimum Gasteiger partial charge on any atom is -0.325 e. The molecule has 0 spiro atoms. The van der Waals surface area contributed by atoms with Crippen molar-refractivity contribution in [2.45, 2.75) is 34.1 Å². The molecule has 20 heavy (non-hydrogen) atoms. The van der Waals surface area contributed by atoms with E-state index in [-0.39, 0.29) is 18.2 Å². The van der Waals surface area contributed by atoms with Gasteiger partial charge >= 0.3 is 0 Å². The minimum atomic E-state index is -0.239. The van der Waals surface area contributed by atoms with E-state index in [0.717, 1.165) is 22.4 Å². The van der Waals surface area contributed by atoms with Gasteiger partial charge in [0.15, 0.2) is 0 Å². The Hall–Kier alpha value is -2.30. The highest BCUT2D eigenvalue weighted by atomic mass is 16.2. The van der Waals surface area contributed by atoms with Gasteiger partial charge in [-0.2, -0.15) is 0 Å². The Morgan fingerprint density at radius 1 is 1.10 bits per heavy atom. The molecule has 0 aromatic heterocycles. The first-order valence-electron chi connectivity index (χ1n) is 6.37. The lowest BCUT2D eigenvalue weighted by Crippen LogP contribution is -2.35. The average molecular weight is 275 g/mol. The Bertz CT molecular complexity index is 527. The first-order valence-corrected chi connectivity index (χ1v) is 6.37. The molecule has 1 rings (SSSR count). The number of amides is 2. The van der Waals surface area contributed by atoms with Crippen LogP contribution in [0.4, 0.5) is 5.69 Å². The van der Waals surface area contributed by atoms with Gasteiger partial charge in [-0.05, 0) is 31.9 Å². The minimum absolute atomic E-state index is 0.0903. The summed E-state index contributed by atoms with van der Waals surface area (Å²) in [7, 11) is 0. The van der Waals surface area contributed by atoms with Crippen molar-refractivity contribution in [3.05, 3.63) is 41.1 Å². The number of nitrogens with one attached hydrogen (secondary N) is 3. The molecule has 0 bridgehead atoms. The van der Waals surface area contributed by atoms with E-state index in [1.807, 2.05) is 32.9 Å². The lowest BCUT2D eigenvalue weighted by Gasteiger charge is -2.14. The molecule has 2 amide bonds. The Kier molecular flexibility index (Phi) is 5.32. The fourth-order valence-electron chi connectivity index (χ4n) is 1.98. The summed E-state index contributed by atoms with van der Waals surface area (Å²) in [6, 6.07) is 4.04. The van der Waals surface area contributed by atoms with Gasteiger partial charge in [0, 0.05) is 18.3 Å². The summed E-state index contributed by atoms with van der Waals surface area (Å²) in [6.45, 7) is 11.0. The number of anilines is 1. The fraction of sp³-hybridized carbons (Fsp3) is 0.333. The quantitative estimate of drug-likeness (QED) is 0.721. The van der Waals surface area contributed by atoms with E-state index in [9.17, 15) is 9.59 Å². The molecule has 0 radical (unpaired) electrons. The molecule has 0 aliphatic heterocycles. The third-order valence-electron chi connectivity index (χ3n) is 2.73. The van der Waals surface area contributed by atoms with E-state index in [1.165, 1.54) is 6.92 Å². The van der Waals surface area contributed by atoms with E-state index in [1.54, 1.807) is 0 Å². The van der Waals surface area contributed by atoms with Crippen LogP contribution in [0.3, 0.4) is 0 Å². The lowest BCUT2D eigenvalue weighted by molar-refractivity contribution is -0.120. The normalized spacial score (nSPS) is 9.80. The summed E-state index contributed by atoms with van der Waals surface area (Å²) < 4.78 is 0. The number of benzene rings is 1. The van der Waals surface area contributed by atoms with Crippen LogP contribution in [0.25, 0.3) is 0 Å². The zero-order valence-electron chi connectivity index (χ0n) is 12.4. The van der Waals surface area contributed by atoms with Gasteiger partial charge in [-0.25, -0.2) is 0 Å². The molecular weight excluding hydrogens is 254 g/mol. The molecule has 1 aromatic carbocycles. The number of hydrazine groups is 1. The molecule has 0 saturated carbocycles. The Morgan fingerprint density at radius 2 is 1.65 bits per heavy atom. The van der Waals surface area contributed by atoms with Gasteiger partial charge in [-0.1, -0.05) is 24.3 Å². The van der Waals surface area contributed by atoms with E-state index < -0.39 is 0 Å². The first-order chi connectivity index (χ1) is 9.29. The second-order valence-electron chi connectivity index (χ2n) is 4.91. The van der Waals surface area contributed by atoms with Crippen molar-refractivity contribution >= 4 is 17.5 Å². The lowest BCUT2D eigenvalue weighted by atomic mass is 10.0. The van der Waals surface area contributed by atoms with Crippen LogP contribution < -0.4 is 16.2 Å². The van der Waals surface area contributed by atoms with Crippen LogP contribution in [0.15, 0.2) is 24.4 Å². The molecule has 1 aromatic rings. The number of rotatable bonds is 5. The maximum Gasteiger partial charge on any atom is 0.235 e. The van der Waals surface area contributed by atoms with Crippen LogP contribution in [-0.4, -0.2) is 11.8 Å². The fourth-order valence-corrected chi connectivity index (χ4v) is 1.98. The number of carbonyl (C=O) groups is 2. The predicted molar refractivity (Wildman–Crippen MR) is 80.0 cm³/mol. The highest BCUT2D eigenvalue weighted by molar-refractivity contribution is 5.93. The van der Waals surface area contributed by atoms with E-state index in [0.29, 0.717) is 5.70 Å². The number of hydrogen-bond acceptors (Lipinski definition) is 3. The molecule has 5 nitrogen and oxygen atoms in total. The van der Waals surface area contributed by atoms with Crippen LogP contribution in [0, 0.1) is 20.8 Å². The topological polar surface area (TPSA) is 70.2 Å². The van der Waals surface area contributed by atoms with Crippen molar-refractivity contribution in [1.82, 2.24) is 10.9 Å². The summed E-state index contributed by atoms with van der Waals surface area (Å²) in [5, 5.41) is 2.87. The highest BCUT2D eigenvalue weighted by Crippen LogP contribution is 2.22. The Balaban J connectivity index is 2.63. The Labute approximate surface area is 119 Å². The third kappa shape index (κ3) is 4.76. The summed E-state index contributed by atoms with van der Waals surface area (Å²) in [6.07, 6.45) is 0.0903. The van der Waals surface area contributed by atoms with Gasteiger partial charge in [0.05, 0.1) is 6.42 Å². The predicted octanol–water partition coefficient (Wildman–Crippen LogP) is 2.09.